The fourth-order valence-corrected chi connectivity index (χ4v) is 2.61. The molecular weight excluding hydrogens is 282 g/mol. The number of nitrogens with zero attached hydrogens (tertiary/aromatic N) is 2. The van der Waals surface area contributed by atoms with Crippen LogP contribution in [0.5, 0.6) is 0 Å². The molecular formula is C13H16ClN3O3. The summed E-state index contributed by atoms with van der Waals surface area (Å²) in [4.78, 5) is 28.1. The highest BCUT2D eigenvalue weighted by Gasteiger charge is 2.24. The number of amides is 1. The Labute approximate surface area is 121 Å². The number of halogens is 1. The van der Waals surface area contributed by atoms with E-state index in [1.165, 1.54) is 12.1 Å². The summed E-state index contributed by atoms with van der Waals surface area (Å²) in [7, 11) is 0. The van der Waals surface area contributed by atoms with Crippen LogP contribution in [0.1, 0.15) is 29.6 Å². The number of aromatic carboxylic acids is 1. The average Bonchev–Trinajstić information content (AvgIpc) is 2.38. The summed E-state index contributed by atoms with van der Waals surface area (Å²) in [6.45, 7) is 1.29. The van der Waals surface area contributed by atoms with Gasteiger partial charge in [0.25, 0.3) is 0 Å². The van der Waals surface area contributed by atoms with Crippen LogP contribution in [-0.4, -0.2) is 35.1 Å². The molecule has 0 spiro atoms. The molecule has 0 bridgehead atoms. The van der Waals surface area contributed by atoms with E-state index >= 15 is 0 Å². The van der Waals surface area contributed by atoms with E-state index in [0.29, 0.717) is 25.3 Å². The summed E-state index contributed by atoms with van der Waals surface area (Å²) in [5.41, 5.74) is 5.33. The Morgan fingerprint density at radius 3 is 2.60 bits per heavy atom. The van der Waals surface area contributed by atoms with Crippen LogP contribution in [-0.2, 0) is 4.79 Å². The Kier molecular flexibility index (Phi) is 4.44. The van der Waals surface area contributed by atoms with Crippen molar-refractivity contribution in [3.63, 3.8) is 0 Å². The van der Waals surface area contributed by atoms with Crippen molar-refractivity contribution >= 4 is 29.3 Å². The van der Waals surface area contributed by atoms with Gasteiger partial charge < -0.3 is 15.7 Å². The number of hydrogen-bond donors (Lipinski definition) is 2. The minimum atomic E-state index is -1.02. The van der Waals surface area contributed by atoms with E-state index in [2.05, 4.69) is 4.98 Å². The number of carboxylic acids is 1. The highest BCUT2D eigenvalue weighted by molar-refractivity contribution is 6.29. The number of carbonyl (C=O) groups is 2. The first kappa shape index (κ1) is 14.6. The topological polar surface area (TPSA) is 96.5 Å². The van der Waals surface area contributed by atoms with Gasteiger partial charge >= 0.3 is 5.97 Å². The van der Waals surface area contributed by atoms with Crippen molar-refractivity contribution in [2.24, 2.45) is 11.7 Å². The van der Waals surface area contributed by atoms with Gasteiger partial charge in [-0.05, 0) is 30.9 Å². The van der Waals surface area contributed by atoms with Crippen LogP contribution in [0, 0.1) is 5.92 Å². The summed E-state index contributed by atoms with van der Waals surface area (Å²) in [5, 5.41) is 9.46. The summed E-state index contributed by atoms with van der Waals surface area (Å²) >= 11 is 5.85. The third-order valence-electron chi connectivity index (χ3n) is 3.48. The normalized spacial score (nSPS) is 16.1. The van der Waals surface area contributed by atoms with Crippen LogP contribution in [0.4, 0.5) is 5.82 Å². The molecule has 0 atom stereocenters. The molecule has 2 heterocycles. The van der Waals surface area contributed by atoms with Crippen LogP contribution in [0.15, 0.2) is 12.1 Å². The van der Waals surface area contributed by atoms with Gasteiger partial charge in [0.05, 0.1) is 0 Å². The number of rotatable bonds is 4. The van der Waals surface area contributed by atoms with E-state index in [9.17, 15) is 14.7 Å². The largest absolute Gasteiger partial charge is 0.478 e. The molecule has 1 fully saturated rings. The van der Waals surface area contributed by atoms with Gasteiger partial charge in [-0.15, -0.1) is 0 Å². The second-order valence-electron chi connectivity index (χ2n) is 4.91. The lowest BCUT2D eigenvalue weighted by molar-refractivity contribution is -0.119. The van der Waals surface area contributed by atoms with Crippen molar-refractivity contribution in [3.8, 4) is 0 Å². The molecule has 0 radical (unpaired) electrons. The molecule has 0 unspecified atom stereocenters. The average molecular weight is 298 g/mol. The van der Waals surface area contributed by atoms with Crippen molar-refractivity contribution < 1.29 is 14.7 Å². The molecule has 0 saturated carbocycles. The predicted molar refractivity (Wildman–Crippen MR) is 75.0 cm³/mol. The van der Waals surface area contributed by atoms with Gasteiger partial charge in [0.2, 0.25) is 5.91 Å². The highest BCUT2D eigenvalue weighted by atomic mass is 35.5. The maximum absolute atomic E-state index is 11.2. The minimum absolute atomic E-state index is 0.141. The number of pyridine rings is 1. The number of aromatic nitrogens is 1. The van der Waals surface area contributed by atoms with Gasteiger partial charge in [0, 0.05) is 19.5 Å². The third-order valence-corrected chi connectivity index (χ3v) is 3.69. The van der Waals surface area contributed by atoms with Gasteiger partial charge in [-0.3, -0.25) is 4.79 Å². The maximum atomic E-state index is 11.2. The lowest BCUT2D eigenvalue weighted by Gasteiger charge is -2.33. The molecule has 1 saturated heterocycles. The molecule has 1 aromatic rings. The van der Waals surface area contributed by atoms with E-state index in [0.717, 1.165) is 12.8 Å². The zero-order valence-corrected chi connectivity index (χ0v) is 11.6. The molecule has 0 aliphatic carbocycles. The van der Waals surface area contributed by atoms with Gasteiger partial charge in [-0.2, -0.15) is 0 Å². The molecule has 1 aliphatic heterocycles. The standard InChI is InChI=1S/C13H16ClN3O3/c14-10-2-1-9(13(19)20)12(16-10)17-5-3-8(4-6-17)7-11(15)18/h1-2,8H,3-7H2,(H2,15,18)(H,19,20). The minimum Gasteiger partial charge on any atom is -0.478 e. The fraction of sp³-hybridized carbons (Fsp3) is 0.462. The quantitative estimate of drug-likeness (QED) is 0.821. The van der Waals surface area contributed by atoms with Crippen LogP contribution in [0.25, 0.3) is 0 Å². The monoisotopic (exact) mass is 297 g/mol. The first-order valence-corrected chi connectivity index (χ1v) is 6.78. The van der Waals surface area contributed by atoms with Crippen molar-refractivity contribution in [1.29, 1.82) is 0 Å². The third kappa shape index (κ3) is 3.39. The Hall–Kier alpha value is -1.82. The first-order chi connectivity index (χ1) is 9.47. The molecule has 0 aromatic carbocycles. The van der Waals surface area contributed by atoms with Gasteiger partial charge in [-0.25, -0.2) is 9.78 Å². The van der Waals surface area contributed by atoms with E-state index in [4.69, 9.17) is 17.3 Å². The SMILES string of the molecule is NC(=O)CC1CCN(c2nc(Cl)ccc2C(=O)O)CC1. The Bertz CT molecular complexity index is 528. The second-order valence-corrected chi connectivity index (χ2v) is 5.30. The summed E-state index contributed by atoms with van der Waals surface area (Å²) < 4.78 is 0. The number of carboxylic acid groups (broad SMARTS) is 1. The van der Waals surface area contributed by atoms with Crippen LogP contribution >= 0.6 is 11.6 Å². The summed E-state index contributed by atoms with van der Waals surface area (Å²) in [6, 6.07) is 2.93. The van der Waals surface area contributed by atoms with E-state index < -0.39 is 5.97 Å². The zero-order chi connectivity index (χ0) is 14.7. The fourth-order valence-electron chi connectivity index (χ4n) is 2.47. The summed E-state index contributed by atoms with van der Waals surface area (Å²) in [6.07, 6.45) is 1.95. The van der Waals surface area contributed by atoms with Crippen LogP contribution < -0.4 is 10.6 Å². The smallest absolute Gasteiger partial charge is 0.339 e. The van der Waals surface area contributed by atoms with E-state index in [-0.39, 0.29) is 22.5 Å². The van der Waals surface area contributed by atoms with Gasteiger partial charge in [0.1, 0.15) is 16.5 Å². The number of carbonyl (C=O) groups excluding carboxylic acids is 1. The Morgan fingerprint density at radius 1 is 1.40 bits per heavy atom. The molecule has 108 valence electrons. The Balaban J connectivity index is 2.12. The molecule has 1 aromatic heterocycles. The van der Waals surface area contributed by atoms with E-state index in [1.54, 1.807) is 0 Å². The lowest BCUT2D eigenvalue weighted by atomic mass is 9.93. The molecule has 2 rings (SSSR count). The number of anilines is 1. The van der Waals surface area contributed by atoms with Gasteiger partial charge in [0.15, 0.2) is 0 Å². The maximum Gasteiger partial charge on any atom is 0.339 e. The molecule has 1 amide bonds. The lowest BCUT2D eigenvalue weighted by Crippen LogP contribution is -2.36. The number of piperidine rings is 1. The molecule has 3 N–H and O–H groups in total. The molecule has 1 aliphatic rings. The molecule has 7 heteroatoms. The second kappa shape index (κ2) is 6.09. The number of nitrogens with two attached hydrogens (primary N) is 1. The van der Waals surface area contributed by atoms with Gasteiger partial charge in [-0.1, -0.05) is 11.6 Å². The van der Waals surface area contributed by atoms with Crippen molar-refractivity contribution in [2.75, 3.05) is 18.0 Å². The molecule has 6 nitrogen and oxygen atoms in total. The van der Waals surface area contributed by atoms with Crippen molar-refractivity contribution in [1.82, 2.24) is 4.98 Å². The van der Waals surface area contributed by atoms with E-state index in [1.807, 2.05) is 4.90 Å². The summed E-state index contributed by atoms with van der Waals surface area (Å²) in [5.74, 6) is -0.669. The Morgan fingerprint density at radius 2 is 2.05 bits per heavy atom. The zero-order valence-electron chi connectivity index (χ0n) is 10.9. The van der Waals surface area contributed by atoms with Crippen molar-refractivity contribution in [2.45, 2.75) is 19.3 Å². The van der Waals surface area contributed by atoms with Crippen LogP contribution in [0.2, 0.25) is 5.15 Å². The van der Waals surface area contributed by atoms with Crippen molar-refractivity contribution in [3.05, 3.63) is 22.8 Å². The molecule has 20 heavy (non-hydrogen) atoms. The highest BCUT2D eigenvalue weighted by Crippen LogP contribution is 2.27. The number of primary amides is 1. The first-order valence-electron chi connectivity index (χ1n) is 6.40. The predicted octanol–water partition coefficient (Wildman–Crippen LogP) is 1.52. The van der Waals surface area contributed by atoms with Crippen LogP contribution in [0.3, 0.4) is 0 Å². The number of hydrogen-bond acceptors (Lipinski definition) is 4.